The molecule has 0 atom stereocenters. The Labute approximate surface area is 182 Å². The largest absolute Gasteiger partial charge is 0.395 e. The lowest BCUT2D eigenvalue weighted by Gasteiger charge is -2.12. The first-order chi connectivity index (χ1) is 14.5. The zero-order chi connectivity index (χ0) is 21.8. The summed E-state index contributed by atoms with van der Waals surface area (Å²) >= 11 is 5.90. The Morgan fingerprint density at radius 1 is 1.07 bits per heavy atom. The van der Waals surface area contributed by atoms with E-state index < -0.39 is 5.91 Å². The van der Waals surface area contributed by atoms with Gasteiger partial charge in [-0.3, -0.25) is 4.79 Å². The number of allylic oxidation sites excluding steroid dienone is 2. The quantitative estimate of drug-likeness (QED) is 0.433. The lowest BCUT2D eigenvalue weighted by Crippen LogP contribution is -2.32. The molecule has 1 aliphatic rings. The Morgan fingerprint density at radius 2 is 1.63 bits per heavy atom. The van der Waals surface area contributed by atoms with E-state index in [0.29, 0.717) is 22.7 Å². The van der Waals surface area contributed by atoms with E-state index in [1.54, 1.807) is 0 Å². The molecule has 0 aliphatic heterocycles. The van der Waals surface area contributed by atoms with Gasteiger partial charge in [-0.1, -0.05) is 60.1 Å². The predicted octanol–water partition coefficient (Wildman–Crippen LogP) is 4.33. The minimum atomic E-state index is -0.434. The molecule has 2 aromatic rings. The van der Waals surface area contributed by atoms with Gasteiger partial charge in [0.25, 0.3) is 5.91 Å². The molecule has 0 unspecified atom stereocenters. The smallest absolute Gasteiger partial charge is 0.267 e. The molecule has 2 aromatic carbocycles. The number of rotatable bonds is 4. The summed E-state index contributed by atoms with van der Waals surface area (Å²) in [4.78, 5) is 12.0. The summed E-state index contributed by atoms with van der Waals surface area (Å²) < 4.78 is 0. The summed E-state index contributed by atoms with van der Waals surface area (Å²) in [5.74, 6) is -0.434. The molecule has 0 radical (unpaired) electrons. The molecule has 1 amide bonds. The second-order valence-corrected chi connectivity index (χ2v) is 7.27. The van der Waals surface area contributed by atoms with Crippen LogP contribution in [0.25, 0.3) is 6.08 Å². The highest BCUT2D eigenvalue weighted by molar-refractivity contribution is 6.30. The summed E-state index contributed by atoms with van der Waals surface area (Å²) in [6, 6.07) is 19.4. The standard InChI is InChI=1S/C18H22ClN3O2.C6H6/c19-14-7-5-12(6-8-14)11-13-3-1-2-4-15(16(13)20)17(21)18(24)22-9-10-23;1-2-4-6-5-3-1/h5-8,11,20,23H,1-4,9-10,21H2,(H,22,24);1-6H/b13-11+,17-15-,20-16?;. The topological polar surface area (TPSA) is 99.2 Å². The first-order valence-corrected chi connectivity index (χ1v) is 10.3. The molecule has 3 rings (SSSR count). The number of nitrogens with one attached hydrogen (secondary N) is 2. The molecule has 158 valence electrons. The van der Waals surface area contributed by atoms with Crippen molar-refractivity contribution in [3.8, 4) is 0 Å². The van der Waals surface area contributed by atoms with E-state index in [2.05, 4.69) is 5.32 Å². The predicted molar refractivity (Wildman–Crippen MR) is 123 cm³/mol. The molecular formula is C24H28ClN3O2. The van der Waals surface area contributed by atoms with E-state index >= 15 is 0 Å². The van der Waals surface area contributed by atoms with E-state index in [1.807, 2.05) is 66.7 Å². The Bertz CT molecular complexity index is 864. The Kier molecular flexibility index (Phi) is 9.84. The maximum Gasteiger partial charge on any atom is 0.267 e. The van der Waals surface area contributed by atoms with Gasteiger partial charge in [-0.25, -0.2) is 0 Å². The summed E-state index contributed by atoms with van der Waals surface area (Å²) in [6.45, 7) is 0.00113. The highest BCUT2D eigenvalue weighted by atomic mass is 35.5. The van der Waals surface area contributed by atoms with Gasteiger partial charge in [-0.2, -0.15) is 0 Å². The number of hydrogen-bond acceptors (Lipinski definition) is 4. The van der Waals surface area contributed by atoms with Gasteiger partial charge >= 0.3 is 0 Å². The molecule has 1 fully saturated rings. The average Bonchev–Trinajstić information content (AvgIpc) is 2.96. The maximum atomic E-state index is 12.0. The van der Waals surface area contributed by atoms with Crippen LogP contribution in [0.4, 0.5) is 0 Å². The third-order valence-electron chi connectivity index (χ3n) is 4.59. The van der Waals surface area contributed by atoms with Crippen molar-refractivity contribution in [2.45, 2.75) is 25.7 Å². The van der Waals surface area contributed by atoms with Crippen LogP contribution < -0.4 is 11.1 Å². The van der Waals surface area contributed by atoms with Gasteiger partial charge in [0, 0.05) is 17.1 Å². The van der Waals surface area contributed by atoms with Gasteiger partial charge < -0.3 is 21.6 Å². The minimum Gasteiger partial charge on any atom is -0.395 e. The number of amides is 1. The third kappa shape index (κ3) is 7.50. The number of carbonyl (C=O) groups is 1. The number of benzene rings is 2. The van der Waals surface area contributed by atoms with Gasteiger partial charge in [0.15, 0.2) is 0 Å². The summed E-state index contributed by atoms with van der Waals surface area (Å²) in [7, 11) is 0. The van der Waals surface area contributed by atoms with Crippen molar-refractivity contribution < 1.29 is 9.90 Å². The van der Waals surface area contributed by atoms with Crippen LogP contribution in [0.15, 0.2) is 77.5 Å². The van der Waals surface area contributed by atoms with E-state index in [4.69, 9.17) is 27.9 Å². The van der Waals surface area contributed by atoms with E-state index in [1.165, 1.54) is 0 Å². The van der Waals surface area contributed by atoms with Gasteiger partial charge in [0.05, 0.1) is 12.3 Å². The monoisotopic (exact) mass is 425 g/mol. The van der Waals surface area contributed by atoms with Crippen LogP contribution in [-0.2, 0) is 4.79 Å². The van der Waals surface area contributed by atoms with Crippen LogP contribution in [0.1, 0.15) is 31.2 Å². The van der Waals surface area contributed by atoms with Crippen molar-refractivity contribution in [3.05, 3.63) is 88.1 Å². The molecule has 1 aliphatic carbocycles. The molecule has 0 heterocycles. The van der Waals surface area contributed by atoms with Gasteiger partial charge in [-0.05, 0) is 55.0 Å². The van der Waals surface area contributed by atoms with Crippen LogP contribution in [0.2, 0.25) is 5.02 Å². The Balaban J connectivity index is 0.000000456. The van der Waals surface area contributed by atoms with Crippen LogP contribution in [0, 0.1) is 5.41 Å². The summed E-state index contributed by atoms with van der Waals surface area (Å²) in [5, 5.41) is 20.5. The molecule has 0 spiro atoms. The highest BCUT2D eigenvalue weighted by Crippen LogP contribution is 2.27. The zero-order valence-electron chi connectivity index (χ0n) is 16.9. The zero-order valence-corrected chi connectivity index (χ0v) is 17.7. The van der Waals surface area contributed by atoms with Crippen molar-refractivity contribution in [1.29, 1.82) is 5.41 Å². The van der Waals surface area contributed by atoms with Crippen LogP contribution in [0.5, 0.6) is 0 Å². The fourth-order valence-electron chi connectivity index (χ4n) is 3.02. The van der Waals surface area contributed by atoms with Gasteiger partial charge in [0.2, 0.25) is 0 Å². The molecule has 5 N–H and O–H groups in total. The van der Waals surface area contributed by atoms with E-state index in [-0.39, 0.29) is 18.8 Å². The van der Waals surface area contributed by atoms with Crippen molar-refractivity contribution in [2.24, 2.45) is 5.73 Å². The SMILES string of the molecule is N=C1/C(=C(\N)C(=O)NCCO)CCCC/C1=C\c1ccc(Cl)cc1.c1ccccc1. The molecule has 0 aromatic heterocycles. The van der Waals surface area contributed by atoms with Crippen molar-refractivity contribution in [2.75, 3.05) is 13.2 Å². The van der Waals surface area contributed by atoms with Crippen LogP contribution in [-0.4, -0.2) is 29.9 Å². The molecule has 1 saturated carbocycles. The fourth-order valence-corrected chi connectivity index (χ4v) is 3.15. The number of aliphatic hydroxyl groups is 1. The number of hydrogen-bond donors (Lipinski definition) is 4. The molecule has 6 heteroatoms. The lowest BCUT2D eigenvalue weighted by molar-refractivity contribution is -0.117. The third-order valence-corrected chi connectivity index (χ3v) is 4.84. The first kappa shape index (κ1) is 23.4. The normalized spacial score (nSPS) is 16.9. The van der Waals surface area contributed by atoms with Gasteiger partial charge in [0.1, 0.15) is 5.70 Å². The van der Waals surface area contributed by atoms with Crippen LogP contribution in [0.3, 0.4) is 0 Å². The van der Waals surface area contributed by atoms with E-state index in [9.17, 15) is 4.79 Å². The molecule has 5 nitrogen and oxygen atoms in total. The molecular weight excluding hydrogens is 398 g/mol. The fraction of sp³-hybridized carbons (Fsp3) is 0.250. The summed E-state index contributed by atoms with van der Waals surface area (Å²) in [6.07, 6.45) is 5.15. The molecule has 0 bridgehead atoms. The minimum absolute atomic E-state index is 0.0670. The van der Waals surface area contributed by atoms with Crippen molar-refractivity contribution >= 4 is 29.3 Å². The van der Waals surface area contributed by atoms with Crippen molar-refractivity contribution in [1.82, 2.24) is 5.32 Å². The number of nitrogens with two attached hydrogens (primary N) is 1. The van der Waals surface area contributed by atoms with Crippen molar-refractivity contribution in [3.63, 3.8) is 0 Å². The molecule has 30 heavy (non-hydrogen) atoms. The summed E-state index contributed by atoms with van der Waals surface area (Å²) in [5.41, 5.74) is 8.75. The lowest BCUT2D eigenvalue weighted by atomic mass is 9.97. The Hall–Kier alpha value is -2.89. The maximum absolute atomic E-state index is 12.0. The Morgan fingerprint density at radius 3 is 2.20 bits per heavy atom. The van der Waals surface area contributed by atoms with Gasteiger partial charge in [-0.15, -0.1) is 0 Å². The number of halogens is 1. The molecule has 0 saturated heterocycles. The highest BCUT2D eigenvalue weighted by Gasteiger charge is 2.21. The first-order valence-electron chi connectivity index (χ1n) is 9.96. The van der Waals surface area contributed by atoms with E-state index in [0.717, 1.165) is 30.4 Å². The number of carbonyl (C=O) groups excluding carboxylic acids is 1. The average molecular weight is 426 g/mol. The second kappa shape index (κ2) is 12.6. The number of aliphatic hydroxyl groups excluding tert-OH is 1. The van der Waals surface area contributed by atoms with Crippen LogP contribution >= 0.6 is 11.6 Å². The second-order valence-electron chi connectivity index (χ2n) is 6.83.